The van der Waals surface area contributed by atoms with Gasteiger partial charge < -0.3 is 5.73 Å². The van der Waals surface area contributed by atoms with Crippen molar-refractivity contribution in [1.29, 1.82) is 0 Å². The van der Waals surface area contributed by atoms with Crippen LogP contribution in [0.15, 0.2) is 103 Å². The third-order valence-corrected chi connectivity index (χ3v) is 5.55. The van der Waals surface area contributed by atoms with Crippen molar-refractivity contribution in [2.75, 3.05) is 5.73 Å². The van der Waals surface area contributed by atoms with E-state index in [1.54, 1.807) is 0 Å². The zero-order valence-corrected chi connectivity index (χ0v) is 16.7. The lowest BCUT2D eigenvalue weighted by Gasteiger charge is -2.16. The van der Waals surface area contributed by atoms with Crippen LogP contribution in [-0.4, -0.2) is 0 Å². The lowest BCUT2D eigenvalue weighted by atomic mass is 9.89. The second-order valence-corrected chi connectivity index (χ2v) is 7.58. The molecule has 0 aromatic heterocycles. The Morgan fingerprint density at radius 1 is 0.448 bits per heavy atom. The number of anilines is 1. The summed E-state index contributed by atoms with van der Waals surface area (Å²) in [5.74, 6) is 0. The smallest absolute Gasteiger partial charge is 0.0346 e. The minimum atomic E-state index is 0.887. The second kappa shape index (κ2) is 9.25. The van der Waals surface area contributed by atoms with Crippen LogP contribution in [0.5, 0.6) is 0 Å². The summed E-state index contributed by atoms with van der Waals surface area (Å²) >= 11 is 0. The molecule has 0 aliphatic heterocycles. The molecule has 0 aliphatic carbocycles. The first-order chi connectivity index (χ1) is 14.3. The molecule has 0 saturated heterocycles. The predicted octanol–water partition coefficient (Wildman–Crippen LogP) is 6.24. The van der Waals surface area contributed by atoms with Gasteiger partial charge in [0.2, 0.25) is 0 Å². The molecule has 4 aromatic rings. The van der Waals surface area contributed by atoms with Crippen molar-refractivity contribution in [2.24, 2.45) is 0 Å². The van der Waals surface area contributed by atoms with Gasteiger partial charge in [-0.15, -0.1) is 0 Å². The molecular weight excluding hydrogens is 350 g/mol. The molecule has 0 spiro atoms. The fourth-order valence-electron chi connectivity index (χ4n) is 3.96. The molecule has 144 valence electrons. The Kier molecular flexibility index (Phi) is 6.07. The summed E-state index contributed by atoms with van der Waals surface area (Å²) in [6.45, 7) is 0. The largest absolute Gasteiger partial charge is 0.399 e. The van der Waals surface area contributed by atoms with Crippen molar-refractivity contribution >= 4 is 5.69 Å². The third kappa shape index (κ3) is 4.94. The average Bonchev–Trinajstić information content (AvgIpc) is 2.76. The lowest BCUT2D eigenvalue weighted by Crippen LogP contribution is -2.05. The van der Waals surface area contributed by atoms with Crippen LogP contribution in [0.4, 0.5) is 5.69 Å². The van der Waals surface area contributed by atoms with Crippen molar-refractivity contribution in [3.8, 4) is 0 Å². The maximum Gasteiger partial charge on any atom is 0.0346 e. The quantitative estimate of drug-likeness (QED) is 0.379. The first kappa shape index (κ1) is 19.0. The predicted molar refractivity (Wildman–Crippen MR) is 123 cm³/mol. The summed E-state index contributed by atoms with van der Waals surface area (Å²) in [6, 6.07) is 36.5. The first-order valence-electron chi connectivity index (χ1n) is 10.3. The number of nitrogens with two attached hydrogens (primary N) is 1. The molecule has 2 N–H and O–H groups in total. The van der Waals surface area contributed by atoms with E-state index in [0.717, 1.165) is 31.4 Å². The van der Waals surface area contributed by atoms with Gasteiger partial charge in [-0.1, -0.05) is 97.1 Å². The number of hydrogen-bond acceptors (Lipinski definition) is 1. The minimum Gasteiger partial charge on any atom is -0.399 e. The van der Waals surface area contributed by atoms with Crippen LogP contribution in [0.1, 0.15) is 33.4 Å². The molecule has 0 bridgehead atoms. The number of para-hydroxylation sites is 1. The van der Waals surface area contributed by atoms with Gasteiger partial charge in [0.25, 0.3) is 0 Å². The van der Waals surface area contributed by atoms with Crippen LogP contribution in [0.2, 0.25) is 0 Å². The van der Waals surface area contributed by atoms with E-state index in [-0.39, 0.29) is 0 Å². The molecule has 0 atom stereocenters. The van der Waals surface area contributed by atoms with Crippen LogP contribution in [0.25, 0.3) is 0 Å². The lowest BCUT2D eigenvalue weighted by molar-refractivity contribution is 0.927. The van der Waals surface area contributed by atoms with E-state index in [2.05, 4.69) is 91.0 Å². The van der Waals surface area contributed by atoms with Crippen LogP contribution < -0.4 is 5.73 Å². The SMILES string of the molecule is Nc1ccccc1CCc1cccc(Cc2ccccc2)c1Cc1ccccc1. The summed E-state index contributed by atoms with van der Waals surface area (Å²) in [5.41, 5.74) is 15.3. The van der Waals surface area contributed by atoms with E-state index in [1.807, 2.05) is 12.1 Å². The van der Waals surface area contributed by atoms with E-state index >= 15 is 0 Å². The van der Waals surface area contributed by atoms with Gasteiger partial charge in [-0.2, -0.15) is 0 Å². The highest BCUT2D eigenvalue weighted by Crippen LogP contribution is 2.24. The molecule has 1 heteroatoms. The fraction of sp³-hybridized carbons (Fsp3) is 0.143. The summed E-state index contributed by atoms with van der Waals surface area (Å²) in [4.78, 5) is 0. The minimum absolute atomic E-state index is 0.887. The maximum absolute atomic E-state index is 6.18. The average molecular weight is 378 g/mol. The number of rotatable bonds is 7. The molecule has 0 heterocycles. The molecule has 0 aliphatic rings. The first-order valence-corrected chi connectivity index (χ1v) is 10.3. The highest BCUT2D eigenvalue weighted by molar-refractivity contribution is 5.47. The Morgan fingerprint density at radius 3 is 1.66 bits per heavy atom. The van der Waals surface area contributed by atoms with Crippen molar-refractivity contribution < 1.29 is 0 Å². The number of hydrogen-bond donors (Lipinski definition) is 1. The van der Waals surface area contributed by atoms with Gasteiger partial charge in [-0.05, 0) is 65.1 Å². The normalized spacial score (nSPS) is 10.8. The fourth-order valence-corrected chi connectivity index (χ4v) is 3.96. The summed E-state index contributed by atoms with van der Waals surface area (Å²) in [5, 5.41) is 0. The van der Waals surface area contributed by atoms with Gasteiger partial charge >= 0.3 is 0 Å². The van der Waals surface area contributed by atoms with Crippen LogP contribution >= 0.6 is 0 Å². The van der Waals surface area contributed by atoms with E-state index in [4.69, 9.17) is 5.73 Å². The second-order valence-electron chi connectivity index (χ2n) is 7.58. The number of benzene rings is 4. The van der Waals surface area contributed by atoms with E-state index in [1.165, 1.54) is 33.4 Å². The van der Waals surface area contributed by atoms with Crippen molar-refractivity contribution in [3.63, 3.8) is 0 Å². The van der Waals surface area contributed by atoms with Gasteiger partial charge in [0.15, 0.2) is 0 Å². The number of nitrogen functional groups attached to an aromatic ring is 1. The molecule has 0 fully saturated rings. The molecule has 4 aromatic carbocycles. The van der Waals surface area contributed by atoms with Crippen LogP contribution in [0, 0.1) is 0 Å². The molecule has 4 rings (SSSR count). The van der Waals surface area contributed by atoms with E-state index in [9.17, 15) is 0 Å². The van der Waals surface area contributed by atoms with Crippen LogP contribution in [0.3, 0.4) is 0 Å². The zero-order chi connectivity index (χ0) is 19.9. The zero-order valence-electron chi connectivity index (χ0n) is 16.7. The molecule has 0 unspecified atom stereocenters. The van der Waals surface area contributed by atoms with Gasteiger partial charge in [0.05, 0.1) is 0 Å². The molecular formula is C28H27N. The third-order valence-electron chi connectivity index (χ3n) is 5.55. The standard InChI is InChI=1S/C28H27N/c29-28-17-8-7-14-25(28)19-18-24-15-9-16-26(20-22-10-3-1-4-11-22)27(24)21-23-12-5-2-6-13-23/h1-17H,18-21,29H2. The highest BCUT2D eigenvalue weighted by Gasteiger charge is 2.11. The summed E-state index contributed by atoms with van der Waals surface area (Å²) < 4.78 is 0. The Morgan fingerprint density at radius 2 is 0.966 bits per heavy atom. The van der Waals surface area contributed by atoms with Crippen molar-refractivity contribution in [2.45, 2.75) is 25.7 Å². The Balaban J connectivity index is 1.65. The van der Waals surface area contributed by atoms with E-state index in [0.29, 0.717) is 0 Å². The van der Waals surface area contributed by atoms with Gasteiger partial charge in [0, 0.05) is 5.69 Å². The van der Waals surface area contributed by atoms with Gasteiger partial charge in [0.1, 0.15) is 0 Å². The highest BCUT2D eigenvalue weighted by atomic mass is 14.6. The monoisotopic (exact) mass is 377 g/mol. The molecule has 29 heavy (non-hydrogen) atoms. The van der Waals surface area contributed by atoms with Gasteiger partial charge in [-0.3, -0.25) is 0 Å². The summed E-state index contributed by atoms with van der Waals surface area (Å²) in [6.07, 6.45) is 3.88. The molecule has 0 amide bonds. The number of aryl methyl sites for hydroxylation is 2. The molecule has 1 nitrogen and oxygen atoms in total. The Labute approximate surface area is 173 Å². The van der Waals surface area contributed by atoms with Crippen LogP contribution in [-0.2, 0) is 25.7 Å². The molecule has 0 saturated carbocycles. The topological polar surface area (TPSA) is 26.0 Å². The molecule has 0 radical (unpaired) electrons. The van der Waals surface area contributed by atoms with E-state index < -0.39 is 0 Å². The maximum atomic E-state index is 6.18. The van der Waals surface area contributed by atoms with Gasteiger partial charge in [-0.25, -0.2) is 0 Å². The Hall–Kier alpha value is -3.32. The van der Waals surface area contributed by atoms with Crippen molar-refractivity contribution in [3.05, 3.63) is 137 Å². The summed E-state index contributed by atoms with van der Waals surface area (Å²) in [7, 11) is 0. The Bertz CT molecular complexity index is 1050. The van der Waals surface area contributed by atoms with Crippen molar-refractivity contribution in [1.82, 2.24) is 0 Å².